The first-order valence-corrected chi connectivity index (χ1v) is 16.1. The maximum Gasteiger partial charge on any atom is 0.211 e. The van der Waals surface area contributed by atoms with Crippen molar-refractivity contribution in [2.45, 2.75) is 26.9 Å². The quantitative estimate of drug-likeness (QED) is 0.0339. The van der Waals surface area contributed by atoms with Gasteiger partial charge in [-0.15, -0.1) is 22.6 Å². The third kappa shape index (κ3) is 11.0. The van der Waals surface area contributed by atoms with Crippen LogP contribution < -0.4 is 39.4 Å². The van der Waals surface area contributed by atoms with Crippen LogP contribution in [0, 0.1) is 0 Å². The van der Waals surface area contributed by atoms with Crippen LogP contribution in [0.5, 0.6) is 0 Å². The van der Waals surface area contributed by atoms with Crippen LogP contribution in [0.15, 0.2) is 125 Å². The van der Waals surface area contributed by atoms with E-state index in [9.17, 15) is 4.79 Å². The van der Waals surface area contributed by atoms with Crippen LogP contribution in [0.25, 0.3) is 21.8 Å². The molecule has 6 rings (SSSR count). The van der Waals surface area contributed by atoms with Crippen molar-refractivity contribution >= 4 is 69.0 Å². The fourth-order valence-corrected chi connectivity index (χ4v) is 5.36. The summed E-state index contributed by atoms with van der Waals surface area (Å²) < 4.78 is 4.06. The Hall–Kier alpha value is -6.47. The Morgan fingerprint density at radius 3 is 1.46 bits per heavy atom. The second-order valence-electron chi connectivity index (χ2n) is 11.8. The van der Waals surface area contributed by atoms with E-state index in [1.54, 1.807) is 6.92 Å². The van der Waals surface area contributed by atoms with Crippen LogP contribution in [0.1, 0.15) is 40.9 Å². The van der Waals surface area contributed by atoms with E-state index in [0.29, 0.717) is 0 Å². The molecule has 272 valence electrons. The van der Waals surface area contributed by atoms with Gasteiger partial charge < -0.3 is 48.5 Å². The van der Waals surface area contributed by atoms with Crippen molar-refractivity contribution in [1.29, 1.82) is 0 Å². The average molecular weight is 723 g/mol. The highest BCUT2D eigenvalue weighted by atomic mass is 35.5. The average Bonchev–Trinajstić information content (AvgIpc) is 3.65. The largest absolute Gasteiger partial charge is 0.381 e. The lowest BCUT2D eigenvalue weighted by molar-refractivity contribution is 0.101. The molecule has 0 fully saturated rings. The molecular formula is C38H47ClN12O. The van der Waals surface area contributed by atoms with Gasteiger partial charge in [-0.05, 0) is 61.4 Å². The van der Waals surface area contributed by atoms with Gasteiger partial charge in [0.15, 0.2) is 5.78 Å². The van der Waals surface area contributed by atoms with Crippen LogP contribution >= 0.6 is 12.4 Å². The minimum absolute atomic E-state index is 0. The van der Waals surface area contributed by atoms with Gasteiger partial charge in [-0.25, -0.2) is 0 Å². The summed E-state index contributed by atoms with van der Waals surface area (Å²) >= 11 is 0. The molecule has 0 aliphatic carbocycles. The van der Waals surface area contributed by atoms with E-state index in [1.807, 2.05) is 74.4 Å². The molecule has 0 atom stereocenters. The summed E-state index contributed by atoms with van der Waals surface area (Å²) in [6, 6.07) is 33.0. The molecule has 0 bridgehead atoms. The zero-order chi connectivity index (χ0) is 36.9. The predicted molar refractivity (Wildman–Crippen MR) is 219 cm³/mol. The van der Waals surface area contributed by atoms with Gasteiger partial charge in [-0.3, -0.25) is 4.79 Å². The number of fused-ring (bicyclic) bond motifs is 2. The van der Waals surface area contributed by atoms with Gasteiger partial charge in [-0.1, -0.05) is 60.7 Å². The second kappa shape index (κ2) is 19.1. The summed E-state index contributed by atoms with van der Waals surface area (Å²) in [6.07, 6.45) is 3.93. The summed E-state index contributed by atoms with van der Waals surface area (Å²) in [4.78, 5) is 11.7. The Kier molecular flexibility index (Phi) is 14.7. The summed E-state index contributed by atoms with van der Waals surface area (Å²) in [5, 5.41) is 19.7. The van der Waals surface area contributed by atoms with Gasteiger partial charge in [0.25, 0.3) is 0 Å². The van der Waals surface area contributed by atoms with Crippen molar-refractivity contribution in [3.05, 3.63) is 132 Å². The monoisotopic (exact) mass is 722 g/mol. The lowest BCUT2D eigenvalue weighted by Crippen LogP contribution is -2.23. The number of hydrogen-bond acceptors (Lipinski definition) is 7. The van der Waals surface area contributed by atoms with Gasteiger partial charge in [0.1, 0.15) is 0 Å². The predicted octanol–water partition coefficient (Wildman–Crippen LogP) is 5.34. The van der Waals surface area contributed by atoms with Gasteiger partial charge in [0.2, 0.25) is 11.9 Å². The summed E-state index contributed by atoms with van der Waals surface area (Å²) in [7, 11) is 3.97. The molecule has 4 aromatic carbocycles. The van der Waals surface area contributed by atoms with E-state index >= 15 is 0 Å². The summed E-state index contributed by atoms with van der Waals surface area (Å²) in [5.41, 5.74) is 29.4. The van der Waals surface area contributed by atoms with Crippen molar-refractivity contribution in [1.82, 2.24) is 9.13 Å². The van der Waals surface area contributed by atoms with E-state index in [-0.39, 0.29) is 30.1 Å². The molecule has 0 aliphatic heterocycles. The van der Waals surface area contributed by atoms with E-state index in [2.05, 4.69) is 97.0 Å². The van der Waals surface area contributed by atoms with E-state index in [4.69, 9.17) is 22.9 Å². The zero-order valence-corrected chi connectivity index (χ0v) is 30.6. The molecule has 6 aromatic rings. The Morgan fingerprint density at radius 1 is 0.635 bits per heavy atom. The van der Waals surface area contributed by atoms with Gasteiger partial charge in [0.05, 0.1) is 5.71 Å². The SMILES string of the molecule is C/C(=N\N=C(N)N)c1cn(C)c2ccc(NCc3ccccc3)cc12.CC(=O)c1cn(C)c2ccc(NCc3ccccc3)cc12.Cl.NN=C(N)N. The number of aromatic nitrogens is 2. The molecule has 52 heavy (non-hydrogen) atoms. The normalized spacial score (nSPS) is 10.5. The fourth-order valence-electron chi connectivity index (χ4n) is 5.36. The molecule has 0 spiro atoms. The number of hydrazone groups is 1. The molecule has 0 unspecified atom stereocenters. The Morgan fingerprint density at radius 2 is 1.06 bits per heavy atom. The number of carbonyl (C=O) groups excluding carboxylic acids is 1. The van der Waals surface area contributed by atoms with Crippen LogP contribution in [0.2, 0.25) is 0 Å². The number of nitrogens with one attached hydrogen (secondary N) is 2. The van der Waals surface area contributed by atoms with Crippen molar-refractivity contribution in [2.24, 2.45) is 58.2 Å². The number of ketones is 1. The second-order valence-corrected chi connectivity index (χ2v) is 11.8. The number of nitrogens with zero attached hydrogens (tertiary/aromatic N) is 5. The number of nitrogens with two attached hydrogens (primary N) is 5. The van der Waals surface area contributed by atoms with Gasteiger partial charge in [-0.2, -0.15) is 5.10 Å². The first kappa shape index (κ1) is 40.0. The first-order chi connectivity index (χ1) is 24.5. The first-order valence-electron chi connectivity index (χ1n) is 16.1. The fraction of sp³-hybridized carbons (Fsp3) is 0.158. The summed E-state index contributed by atoms with van der Waals surface area (Å²) in [5.74, 6) is 4.46. The molecule has 12 N–H and O–H groups in total. The molecule has 0 amide bonds. The molecule has 0 aliphatic rings. The number of Topliss-reactive ketones (excluding diaryl/α,β-unsaturated/α-hetero) is 1. The number of benzene rings is 4. The number of halogens is 1. The van der Waals surface area contributed by atoms with Crippen molar-refractivity contribution < 1.29 is 4.79 Å². The van der Waals surface area contributed by atoms with Crippen LogP contribution in [-0.2, 0) is 27.2 Å². The van der Waals surface area contributed by atoms with Crippen LogP contribution in [0.4, 0.5) is 11.4 Å². The standard InChI is InChI=1S/C19H22N6.C18H18N2O.CH6N4.ClH/c1-13(23-24-19(20)21)17-12-25(2)18-9-8-15(10-16(17)18)22-11-14-6-4-3-5-7-14;1-13(21)17-12-20(2)18-9-8-15(10-16(17)18)19-11-14-6-4-3-5-7-14;2-1(3)5-4;/h3-10,12,22H,11H2,1-2H3,(H4,20,21,24);3-10,12,19H,11H2,1-2H3;4H2,(H4,2,3,5);1H/b23-13+;;;. The molecular weight excluding hydrogens is 676 g/mol. The third-order valence-electron chi connectivity index (χ3n) is 7.89. The van der Waals surface area contributed by atoms with Gasteiger partial charge >= 0.3 is 0 Å². The molecule has 14 heteroatoms. The topological polar surface area (TPSA) is 218 Å². The number of rotatable bonds is 9. The Balaban J connectivity index is 0.000000247. The van der Waals surface area contributed by atoms with Crippen molar-refractivity contribution in [3.8, 4) is 0 Å². The highest BCUT2D eigenvalue weighted by Gasteiger charge is 2.12. The highest BCUT2D eigenvalue weighted by Crippen LogP contribution is 2.26. The van der Waals surface area contributed by atoms with Crippen molar-refractivity contribution in [2.75, 3.05) is 10.6 Å². The number of aryl methyl sites for hydroxylation is 2. The zero-order valence-electron chi connectivity index (χ0n) is 29.7. The Labute approximate surface area is 309 Å². The molecule has 2 heterocycles. The van der Waals surface area contributed by atoms with Crippen molar-refractivity contribution in [3.63, 3.8) is 0 Å². The minimum Gasteiger partial charge on any atom is -0.381 e. The maximum absolute atomic E-state index is 11.7. The number of hydrogen-bond donors (Lipinski definition) is 7. The van der Waals surface area contributed by atoms with Crippen LogP contribution in [-0.4, -0.2) is 32.5 Å². The highest BCUT2D eigenvalue weighted by molar-refractivity contribution is 6.10. The minimum atomic E-state index is -0.0926. The number of guanidine groups is 2. The van der Waals surface area contributed by atoms with E-state index in [0.717, 1.165) is 63.1 Å². The summed E-state index contributed by atoms with van der Waals surface area (Å²) in [6.45, 7) is 5.05. The number of carbonyl (C=O) groups is 1. The Bertz CT molecular complexity index is 2160. The van der Waals surface area contributed by atoms with E-state index < -0.39 is 0 Å². The molecule has 2 aromatic heterocycles. The lowest BCUT2D eigenvalue weighted by Gasteiger charge is -2.07. The lowest BCUT2D eigenvalue weighted by atomic mass is 10.1. The third-order valence-corrected chi connectivity index (χ3v) is 7.89. The molecule has 0 radical (unpaired) electrons. The molecule has 13 nitrogen and oxygen atoms in total. The smallest absolute Gasteiger partial charge is 0.211 e. The van der Waals surface area contributed by atoms with E-state index in [1.165, 1.54) is 11.1 Å². The number of anilines is 2. The molecule has 0 saturated carbocycles. The maximum atomic E-state index is 11.7. The van der Waals surface area contributed by atoms with Crippen LogP contribution in [0.3, 0.4) is 0 Å². The molecule has 0 saturated heterocycles. The van der Waals surface area contributed by atoms with Gasteiger partial charge in [0, 0.05) is 83.9 Å².